The molecule has 1 fully saturated rings. The molecule has 0 bridgehead atoms. The van der Waals surface area contributed by atoms with Crippen LogP contribution in [0.5, 0.6) is 0 Å². The number of halogens is 2. The van der Waals surface area contributed by atoms with Gasteiger partial charge in [-0.1, -0.05) is 18.2 Å². The lowest BCUT2D eigenvalue weighted by Gasteiger charge is -2.16. The van der Waals surface area contributed by atoms with Crippen LogP contribution < -0.4 is 5.32 Å². The highest BCUT2D eigenvalue weighted by molar-refractivity contribution is 7.98. The van der Waals surface area contributed by atoms with Gasteiger partial charge in [0.1, 0.15) is 16.5 Å². The number of sulfonamides is 1. The van der Waals surface area contributed by atoms with Crippen molar-refractivity contribution in [2.75, 3.05) is 25.4 Å². The molecule has 156 valence electrons. The van der Waals surface area contributed by atoms with Crippen molar-refractivity contribution < 1.29 is 22.0 Å². The van der Waals surface area contributed by atoms with Crippen molar-refractivity contribution in [3.63, 3.8) is 0 Å². The Morgan fingerprint density at radius 1 is 1.07 bits per heavy atom. The van der Waals surface area contributed by atoms with E-state index in [0.29, 0.717) is 36.7 Å². The zero-order valence-corrected chi connectivity index (χ0v) is 17.4. The quantitative estimate of drug-likeness (QED) is 0.639. The highest BCUT2D eigenvalue weighted by Gasteiger charge is 2.30. The van der Waals surface area contributed by atoms with Crippen LogP contribution in [0.25, 0.3) is 0 Å². The summed E-state index contributed by atoms with van der Waals surface area (Å²) < 4.78 is 54.2. The maximum Gasteiger partial charge on any atom is 0.251 e. The fraction of sp³-hybridized carbons (Fsp3) is 0.350. The molecule has 1 saturated heterocycles. The third kappa shape index (κ3) is 5.34. The Morgan fingerprint density at radius 2 is 1.79 bits per heavy atom. The molecular weight excluding hydrogens is 418 g/mol. The molecule has 1 aliphatic rings. The van der Waals surface area contributed by atoms with Crippen LogP contribution in [-0.2, 0) is 15.8 Å². The second-order valence-electron chi connectivity index (χ2n) is 6.66. The summed E-state index contributed by atoms with van der Waals surface area (Å²) in [6, 6.07) is 9.87. The lowest BCUT2D eigenvalue weighted by atomic mass is 10.2. The third-order valence-electron chi connectivity index (χ3n) is 4.62. The lowest BCUT2D eigenvalue weighted by Crippen LogP contribution is -2.30. The molecule has 1 N–H and O–H groups in total. The van der Waals surface area contributed by atoms with Gasteiger partial charge in [0.25, 0.3) is 5.91 Å². The Bertz CT molecular complexity index is 977. The van der Waals surface area contributed by atoms with Crippen LogP contribution in [0, 0.1) is 11.6 Å². The van der Waals surface area contributed by atoms with E-state index in [-0.39, 0.29) is 11.4 Å². The van der Waals surface area contributed by atoms with Crippen LogP contribution in [-0.4, -0.2) is 44.0 Å². The van der Waals surface area contributed by atoms with Crippen molar-refractivity contribution in [1.82, 2.24) is 9.62 Å². The van der Waals surface area contributed by atoms with E-state index in [0.717, 1.165) is 25.0 Å². The summed E-state index contributed by atoms with van der Waals surface area (Å²) >= 11 is 1.47. The van der Waals surface area contributed by atoms with Crippen molar-refractivity contribution in [1.29, 1.82) is 0 Å². The van der Waals surface area contributed by atoms with Gasteiger partial charge in [-0.25, -0.2) is 17.2 Å². The second kappa shape index (κ2) is 9.69. The molecule has 1 heterocycles. The molecule has 2 aromatic carbocycles. The molecule has 0 spiro atoms. The topological polar surface area (TPSA) is 66.5 Å². The standard InChI is InChI=1S/C20H22F2N2O3S2/c21-17-6-2-1-5-16(17)14-28-12-9-23-20(25)15-7-8-18(22)19(13-15)29(26,27)24-10-3-4-11-24/h1-2,5-8,13H,3-4,9-12,14H2,(H,23,25). The van der Waals surface area contributed by atoms with Crippen LogP contribution in [0.1, 0.15) is 28.8 Å². The Morgan fingerprint density at radius 3 is 2.52 bits per heavy atom. The van der Waals surface area contributed by atoms with E-state index in [1.165, 1.54) is 28.2 Å². The summed E-state index contributed by atoms with van der Waals surface area (Å²) in [6.07, 6.45) is 1.48. The first-order valence-electron chi connectivity index (χ1n) is 9.28. The molecule has 0 unspecified atom stereocenters. The normalized spacial score (nSPS) is 14.8. The average molecular weight is 441 g/mol. The molecule has 0 radical (unpaired) electrons. The second-order valence-corrected chi connectivity index (χ2v) is 9.67. The Kier molecular flexibility index (Phi) is 7.26. The number of amides is 1. The highest BCUT2D eigenvalue weighted by Crippen LogP contribution is 2.24. The van der Waals surface area contributed by atoms with Crippen LogP contribution in [0.2, 0.25) is 0 Å². The lowest BCUT2D eigenvalue weighted by molar-refractivity contribution is 0.0956. The molecule has 0 aliphatic carbocycles. The minimum absolute atomic E-state index is 0.0864. The van der Waals surface area contributed by atoms with Gasteiger partial charge in [0.15, 0.2) is 0 Å². The number of carbonyl (C=O) groups is 1. The third-order valence-corrected chi connectivity index (χ3v) is 7.55. The number of carbonyl (C=O) groups excluding carboxylic acids is 1. The fourth-order valence-electron chi connectivity index (χ4n) is 3.05. The van der Waals surface area contributed by atoms with E-state index in [1.54, 1.807) is 18.2 Å². The van der Waals surface area contributed by atoms with Gasteiger partial charge < -0.3 is 5.32 Å². The number of thioether (sulfide) groups is 1. The van der Waals surface area contributed by atoms with Gasteiger partial charge in [0.2, 0.25) is 10.0 Å². The fourth-order valence-corrected chi connectivity index (χ4v) is 5.50. The number of nitrogens with one attached hydrogen (secondary N) is 1. The van der Waals surface area contributed by atoms with Gasteiger partial charge in [-0.2, -0.15) is 16.1 Å². The van der Waals surface area contributed by atoms with Crippen molar-refractivity contribution >= 4 is 27.7 Å². The summed E-state index contributed by atoms with van der Waals surface area (Å²) in [5.41, 5.74) is 0.683. The molecule has 9 heteroatoms. The largest absolute Gasteiger partial charge is 0.351 e. The zero-order chi connectivity index (χ0) is 20.9. The van der Waals surface area contributed by atoms with Crippen LogP contribution in [0.4, 0.5) is 8.78 Å². The average Bonchev–Trinajstić information content (AvgIpc) is 3.25. The molecule has 0 saturated carbocycles. The van der Waals surface area contributed by atoms with Gasteiger partial charge >= 0.3 is 0 Å². The van der Waals surface area contributed by atoms with E-state index < -0.39 is 26.6 Å². The van der Waals surface area contributed by atoms with Crippen LogP contribution >= 0.6 is 11.8 Å². The minimum atomic E-state index is -3.95. The SMILES string of the molecule is O=C(NCCSCc1ccccc1F)c1ccc(F)c(S(=O)(=O)N2CCCC2)c1. The predicted molar refractivity (Wildman–Crippen MR) is 109 cm³/mol. The Balaban J connectivity index is 1.56. The van der Waals surface area contributed by atoms with E-state index in [2.05, 4.69) is 5.32 Å². The van der Waals surface area contributed by atoms with Crippen molar-refractivity contribution in [3.05, 3.63) is 65.2 Å². The maximum atomic E-state index is 14.2. The number of nitrogens with zero attached hydrogens (tertiary/aromatic N) is 1. The monoisotopic (exact) mass is 440 g/mol. The Labute approximate surface area is 173 Å². The van der Waals surface area contributed by atoms with Gasteiger partial charge in [0, 0.05) is 36.7 Å². The minimum Gasteiger partial charge on any atom is -0.351 e. The first kappa shape index (κ1) is 21.7. The first-order chi connectivity index (χ1) is 13.9. The van der Waals surface area contributed by atoms with E-state index in [1.807, 2.05) is 0 Å². The zero-order valence-electron chi connectivity index (χ0n) is 15.7. The van der Waals surface area contributed by atoms with E-state index >= 15 is 0 Å². The molecule has 29 heavy (non-hydrogen) atoms. The summed E-state index contributed by atoms with van der Waals surface area (Å²) in [6.45, 7) is 1.04. The number of rotatable bonds is 8. The van der Waals surface area contributed by atoms with Gasteiger partial charge in [-0.15, -0.1) is 0 Å². The molecular formula is C20H22F2N2O3S2. The molecule has 5 nitrogen and oxygen atoms in total. The number of hydrogen-bond acceptors (Lipinski definition) is 4. The summed E-state index contributed by atoms with van der Waals surface area (Å²) in [7, 11) is -3.95. The van der Waals surface area contributed by atoms with Crippen molar-refractivity contribution in [2.45, 2.75) is 23.5 Å². The van der Waals surface area contributed by atoms with Crippen LogP contribution in [0.15, 0.2) is 47.4 Å². The summed E-state index contributed by atoms with van der Waals surface area (Å²) in [5, 5.41) is 2.68. The molecule has 0 aromatic heterocycles. The number of hydrogen-bond donors (Lipinski definition) is 1. The van der Waals surface area contributed by atoms with Crippen molar-refractivity contribution in [2.24, 2.45) is 0 Å². The van der Waals surface area contributed by atoms with Gasteiger partial charge in [0.05, 0.1) is 0 Å². The predicted octanol–water partition coefficient (Wildman–Crippen LogP) is 3.41. The number of benzene rings is 2. The first-order valence-corrected chi connectivity index (χ1v) is 11.9. The Hall–Kier alpha value is -1.97. The molecule has 1 aliphatic heterocycles. The smallest absolute Gasteiger partial charge is 0.251 e. The molecule has 1 amide bonds. The van der Waals surface area contributed by atoms with Gasteiger partial charge in [-0.3, -0.25) is 4.79 Å². The van der Waals surface area contributed by atoms with E-state index in [4.69, 9.17) is 0 Å². The maximum absolute atomic E-state index is 14.2. The van der Waals surface area contributed by atoms with Crippen LogP contribution in [0.3, 0.4) is 0 Å². The molecule has 3 rings (SSSR count). The summed E-state index contributed by atoms with van der Waals surface area (Å²) in [4.78, 5) is 11.9. The molecule has 2 aromatic rings. The summed E-state index contributed by atoms with van der Waals surface area (Å²) in [5.74, 6) is -0.567. The van der Waals surface area contributed by atoms with Gasteiger partial charge in [-0.05, 0) is 42.7 Å². The molecule has 0 atom stereocenters. The van der Waals surface area contributed by atoms with Crippen molar-refractivity contribution in [3.8, 4) is 0 Å². The highest BCUT2D eigenvalue weighted by atomic mass is 32.2. The van der Waals surface area contributed by atoms with E-state index in [9.17, 15) is 22.0 Å².